The quantitative estimate of drug-likeness (QED) is 0.366. The second kappa shape index (κ2) is 19.5. The standard InChI is InChI=1S/C7H16O.C6H14O2.2C6H14O/c1-5-7(4,8)6(2)3;1-5(2)6(3,8)4-7;2*1-4-6(7)5(2)3/h6,8H,5H2,1-4H3;5,7-8H,4H2,1-3H3;2*5-7H,4H2,1-3H3/t7-;3*6-/m1010/s1. The summed E-state index contributed by atoms with van der Waals surface area (Å²) in [6, 6.07) is 0. The minimum absolute atomic E-state index is 0.0972. The van der Waals surface area contributed by atoms with Gasteiger partial charge in [0.15, 0.2) is 0 Å². The average molecular weight is 439 g/mol. The maximum atomic E-state index is 9.40. The molecule has 0 amide bonds. The van der Waals surface area contributed by atoms with E-state index in [1.165, 1.54) is 0 Å². The van der Waals surface area contributed by atoms with Gasteiger partial charge in [-0.05, 0) is 56.8 Å². The molecule has 0 spiro atoms. The lowest BCUT2D eigenvalue weighted by atomic mass is 9.90. The van der Waals surface area contributed by atoms with Gasteiger partial charge in [0.05, 0.1) is 30.0 Å². The molecular weight excluding hydrogens is 380 g/mol. The fraction of sp³-hybridized carbons (Fsp3) is 1.00. The van der Waals surface area contributed by atoms with Gasteiger partial charge < -0.3 is 25.5 Å². The third-order valence-corrected chi connectivity index (χ3v) is 5.90. The molecule has 0 rings (SSSR count). The van der Waals surface area contributed by atoms with Gasteiger partial charge in [-0.15, -0.1) is 0 Å². The topological polar surface area (TPSA) is 101 Å². The number of hydrogen-bond donors (Lipinski definition) is 5. The summed E-state index contributed by atoms with van der Waals surface area (Å²) in [6.45, 7) is 25.2. The molecule has 0 heterocycles. The smallest absolute Gasteiger partial charge is 0.0872 e. The lowest BCUT2D eigenvalue weighted by molar-refractivity contribution is -0.0350. The summed E-state index contributed by atoms with van der Waals surface area (Å²) in [4.78, 5) is 0. The molecule has 0 saturated heterocycles. The summed E-state index contributed by atoms with van der Waals surface area (Å²) in [5.74, 6) is 1.33. The van der Waals surface area contributed by atoms with Crippen LogP contribution in [0.3, 0.4) is 0 Å². The SMILES string of the molecule is CC(C)[C@@](C)(O)CO.CC[C@@H](O)C(C)C.CC[C@@](C)(O)C(C)C.CC[C@H](O)C(C)C. The minimum Gasteiger partial charge on any atom is -0.393 e. The molecule has 5 heteroatoms. The molecule has 0 fully saturated rings. The first-order valence-corrected chi connectivity index (χ1v) is 11.8. The molecule has 0 radical (unpaired) electrons. The van der Waals surface area contributed by atoms with Crippen LogP contribution in [0.4, 0.5) is 0 Å². The van der Waals surface area contributed by atoms with E-state index in [0.29, 0.717) is 17.8 Å². The van der Waals surface area contributed by atoms with Crippen molar-refractivity contribution >= 4 is 0 Å². The van der Waals surface area contributed by atoms with Crippen LogP contribution in [0.2, 0.25) is 0 Å². The molecule has 4 atom stereocenters. The van der Waals surface area contributed by atoms with Crippen molar-refractivity contribution in [3.8, 4) is 0 Å². The Labute approximate surface area is 188 Å². The molecule has 30 heavy (non-hydrogen) atoms. The summed E-state index contributed by atoms with van der Waals surface area (Å²) >= 11 is 0. The zero-order valence-electron chi connectivity index (χ0n) is 22.5. The second-order valence-electron chi connectivity index (χ2n) is 9.97. The van der Waals surface area contributed by atoms with Crippen molar-refractivity contribution in [1.82, 2.24) is 0 Å². The van der Waals surface area contributed by atoms with Gasteiger partial charge in [0, 0.05) is 0 Å². The molecule has 188 valence electrons. The molecule has 0 aliphatic carbocycles. The van der Waals surface area contributed by atoms with Crippen LogP contribution in [0.1, 0.15) is 109 Å². The molecule has 0 unspecified atom stereocenters. The van der Waals surface area contributed by atoms with Crippen LogP contribution < -0.4 is 0 Å². The van der Waals surface area contributed by atoms with E-state index in [1.807, 2.05) is 83.1 Å². The highest BCUT2D eigenvalue weighted by atomic mass is 16.3. The number of hydrogen-bond acceptors (Lipinski definition) is 5. The van der Waals surface area contributed by atoms with Crippen LogP contribution in [-0.4, -0.2) is 55.5 Å². The van der Waals surface area contributed by atoms with Crippen LogP contribution in [0.25, 0.3) is 0 Å². The Morgan fingerprint density at radius 1 is 0.600 bits per heavy atom. The van der Waals surface area contributed by atoms with Gasteiger partial charge in [0.1, 0.15) is 0 Å². The van der Waals surface area contributed by atoms with E-state index in [2.05, 4.69) is 0 Å². The van der Waals surface area contributed by atoms with Crippen molar-refractivity contribution in [2.75, 3.05) is 6.61 Å². The van der Waals surface area contributed by atoms with Crippen LogP contribution in [-0.2, 0) is 0 Å². The van der Waals surface area contributed by atoms with Crippen molar-refractivity contribution in [2.24, 2.45) is 23.7 Å². The molecule has 0 aromatic rings. The zero-order valence-corrected chi connectivity index (χ0v) is 22.5. The predicted molar refractivity (Wildman–Crippen MR) is 131 cm³/mol. The molecular formula is C25H58O5. The molecule has 0 saturated carbocycles. The summed E-state index contributed by atoms with van der Waals surface area (Å²) in [5.41, 5.74) is -1.36. The molecule has 0 aromatic carbocycles. The van der Waals surface area contributed by atoms with E-state index in [4.69, 9.17) is 20.4 Å². The van der Waals surface area contributed by atoms with Crippen LogP contribution in [0, 0.1) is 23.7 Å². The average Bonchev–Trinajstić information content (AvgIpc) is 2.67. The Balaban J connectivity index is -0.000000151. The highest BCUT2D eigenvalue weighted by Crippen LogP contribution is 2.18. The first-order valence-electron chi connectivity index (χ1n) is 11.8. The normalized spacial score (nSPS) is 17.0. The van der Waals surface area contributed by atoms with Crippen LogP contribution in [0.15, 0.2) is 0 Å². The van der Waals surface area contributed by atoms with Gasteiger partial charge in [-0.3, -0.25) is 0 Å². The lowest BCUT2D eigenvalue weighted by Crippen LogP contribution is -2.34. The molecule has 5 N–H and O–H groups in total. The summed E-state index contributed by atoms with van der Waals surface area (Å²) in [5, 5.41) is 44.9. The van der Waals surface area contributed by atoms with Gasteiger partial charge in [0.2, 0.25) is 0 Å². The van der Waals surface area contributed by atoms with E-state index in [1.54, 1.807) is 6.92 Å². The maximum absolute atomic E-state index is 9.40. The number of aliphatic hydroxyl groups excluding tert-OH is 3. The fourth-order valence-electron chi connectivity index (χ4n) is 1.53. The van der Waals surface area contributed by atoms with E-state index >= 15 is 0 Å². The third kappa shape index (κ3) is 22.5. The van der Waals surface area contributed by atoms with Gasteiger partial charge in [-0.25, -0.2) is 0 Å². The highest BCUT2D eigenvalue weighted by Gasteiger charge is 2.22. The zero-order chi connectivity index (χ0) is 25.3. The van der Waals surface area contributed by atoms with E-state index < -0.39 is 11.2 Å². The first kappa shape index (κ1) is 37.1. The van der Waals surface area contributed by atoms with Crippen LogP contribution >= 0.6 is 0 Å². The van der Waals surface area contributed by atoms with Crippen molar-refractivity contribution < 1.29 is 25.5 Å². The molecule has 0 bridgehead atoms. The Bertz CT molecular complexity index is 315. The molecule has 0 aliphatic heterocycles. The van der Waals surface area contributed by atoms with E-state index in [9.17, 15) is 5.11 Å². The van der Waals surface area contributed by atoms with Crippen molar-refractivity contribution in [3.05, 3.63) is 0 Å². The Morgan fingerprint density at radius 2 is 0.867 bits per heavy atom. The Morgan fingerprint density at radius 3 is 0.867 bits per heavy atom. The van der Waals surface area contributed by atoms with Gasteiger partial charge in [0.25, 0.3) is 0 Å². The Kier molecular flexibility index (Phi) is 24.1. The number of rotatable bonds is 8. The summed E-state index contributed by atoms with van der Waals surface area (Å²) in [7, 11) is 0. The van der Waals surface area contributed by atoms with Gasteiger partial charge >= 0.3 is 0 Å². The Hall–Kier alpha value is -0.200. The monoisotopic (exact) mass is 438 g/mol. The van der Waals surface area contributed by atoms with E-state index in [0.717, 1.165) is 19.3 Å². The maximum Gasteiger partial charge on any atom is 0.0872 e. The minimum atomic E-state index is -0.903. The van der Waals surface area contributed by atoms with Crippen molar-refractivity contribution in [3.63, 3.8) is 0 Å². The van der Waals surface area contributed by atoms with Crippen LogP contribution in [0.5, 0.6) is 0 Å². The molecule has 5 nitrogen and oxygen atoms in total. The molecule has 0 aromatic heterocycles. The summed E-state index contributed by atoms with van der Waals surface area (Å²) in [6.07, 6.45) is 2.39. The largest absolute Gasteiger partial charge is 0.393 e. The van der Waals surface area contributed by atoms with Crippen molar-refractivity contribution in [2.45, 2.75) is 133 Å². The lowest BCUT2D eigenvalue weighted by Gasteiger charge is -2.25. The van der Waals surface area contributed by atoms with Gasteiger partial charge in [-0.2, -0.15) is 0 Å². The second-order valence-corrected chi connectivity index (χ2v) is 9.97. The summed E-state index contributed by atoms with van der Waals surface area (Å²) < 4.78 is 0. The van der Waals surface area contributed by atoms with E-state index in [-0.39, 0.29) is 24.7 Å². The highest BCUT2D eigenvalue weighted by molar-refractivity contribution is 4.74. The van der Waals surface area contributed by atoms with Crippen molar-refractivity contribution in [1.29, 1.82) is 0 Å². The first-order chi connectivity index (χ1) is 13.4. The number of aliphatic hydroxyl groups is 5. The fourth-order valence-corrected chi connectivity index (χ4v) is 1.53. The predicted octanol–water partition coefficient (Wildman–Crippen LogP) is 5.02. The third-order valence-electron chi connectivity index (χ3n) is 5.90. The van der Waals surface area contributed by atoms with Gasteiger partial charge in [-0.1, -0.05) is 76.2 Å². The molecule has 0 aliphatic rings.